The number of hydrogen-bond donors (Lipinski definition) is 1. The fraction of sp³-hybridized carbons (Fsp3) is 0.667. The quantitative estimate of drug-likeness (QED) is 0.814. The van der Waals surface area contributed by atoms with Crippen LogP contribution < -0.4 is 5.32 Å². The smallest absolute Gasteiger partial charge is 0.243 e. The van der Waals surface area contributed by atoms with Gasteiger partial charge < -0.3 is 5.32 Å². The summed E-state index contributed by atoms with van der Waals surface area (Å²) in [5.41, 5.74) is 0. The normalized spacial score (nSPS) is 31.6. The lowest BCUT2D eigenvalue weighted by Gasteiger charge is -2.33. The summed E-state index contributed by atoms with van der Waals surface area (Å²) in [7, 11) is -3.71. The van der Waals surface area contributed by atoms with E-state index in [1.807, 2.05) is 0 Å². The predicted octanol–water partition coefficient (Wildman–Crippen LogP) is 3.17. The first-order chi connectivity index (χ1) is 13.3. The van der Waals surface area contributed by atoms with Crippen molar-refractivity contribution in [3.63, 3.8) is 0 Å². The SMILES string of the molecule is CC(NC(=O)C1CCCN(S(=O)(=O)c2ccc(F)cc2)C1)C1CC2CCC1C2. The first-order valence-electron chi connectivity index (χ1n) is 10.4. The molecule has 28 heavy (non-hydrogen) atoms. The molecule has 1 aromatic rings. The van der Waals surface area contributed by atoms with Crippen LogP contribution in [0.25, 0.3) is 0 Å². The summed E-state index contributed by atoms with van der Waals surface area (Å²) < 4.78 is 40.2. The minimum Gasteiger partial charge on any atom is -0.353 e. The van der Waals surface area contributed by atoms with Crippen LogP contribution in [-0.2, 0) is 14.8 Å². The Morgan fingerprint density at radius 3 is 2.57 bits per heavy atom. The lowest BCUT2D eigenvalue weighted by molar-refractivity contribution is -0.127. The number of fused-ring (bicyclic) bond motifs is 2. The highest BCUT2D eigenvalue weighted by Crippen LogP contribution is 2.49. The Morgan fingerprint density at radius 1 is 1.18 bits per heavy atom. The number of halogens is 1. The molecule has 1 N–H and O–H groups in total. The molecule has 1 aliphatic heterocycles. The van der Waals surface area contributed by atoms with E-state index in [0.717, 1.165) is 24.0 Å². The van der Waals surface area contributed by atoms with Gasteiger partial charge in [-0.15, -0.1) is 0 Å². The monoisotopic (exact) mass is 408 g/mol. The predicted molar refractivity (Wildman–Crippen MR) is 104 cm³/mol. The van der Waals surface area contributed by atoms with Crippen LogP contribution in [0.1, 0.15) is 45.4 Å². The van der Waals surface area contributed by atoms with Gasteiger partial charge in [0.1, 0.15) is 5.82 Å². The van der Waals surface area contributed by atoms with Crippen molar-refractivity contribution in [1.29, 1.82) is 0 Å². The first-order valence-corrected chi connectivity index (χ1v) is 11.8. The van der Waals surface area contributed by atoms with Crippen molar-refractivity contribution in [1.82, 2.24) is 9.62 Å². The summed E-state index contributed by atoms with van der Waals surface area (Å²) >= 11 is 0. The van der Waals surface area contributed by atoms with E-state index in [1.54, 1.807) is 0 Å². The number of carbonyl (C=O) groups is 1. The van der Waals surface area contributed by atoms with Gasteiger partial charge in [0.15, 0.2) is 0 Å². The van der Waals surface area contributed by atoms with Crippen molar-refractivity contribution in [3.05, 3.63) is 30.1 Å². The Bertz CT molecular complexity index is 827. The largest absolute Gasteiger partial charge is 0.353 e. The van der Waals surface area contributed by atoms with Crippen molar-refractivity contribution in [2.45, 2.75) is 56.4 Å². The highest BCUT2D eigenvalue weighted by Gasteiger charge is 2.42. The molecule has 3 aliphatic rings. The zero-order valence-electron chi connectivity index (χ0n) is 16.3. The number of rotatable bonds is 5. The molecule has 1 saturated heterocycles. The van der Waals surface area contributed by atoms with Crippen molar-refractivity contribution in [2.75, 3.05) is 13.1 Å². The number of sulfonamides is 1. The number of nitrogens with one attached hydrogen (secondary N) is 1. The Morgan fingerprint density at radius 2 is 1.93 bits per heavy atom. The zero-order chi connectivity index (χ0) is 19.9. The number of benzene rings is 1. The summed E-state index contributed by atoms with van der Waals surface area (Å²) in [6.07, 6.45) is 6.48. The van der Waals surface area contributed by atoms with Crippen molar-refractivity contribution in [3.8, 4) is 0 Å². The summed E-state index contributed by atoms with van der Waals surface area (Å²) in [5.74, 6) is 1.30. The molecule has 0 radical (unpaired) electrons. The zero-order valence-corrected chi connectivity index (χ0v) is 17.1. The highest BCUT2D eigenvalue weighted by molar-refractivity contribution is 7.89. The minimum absolute atomic E-state index is 0.0331. The highest BCUT2D eigenvalue weighted by atomic mass is 32.2. The second kappa shape index (κ2) is 7.75. The van der Waals surface area contributed by atoms with E-state index < -0.39 is 15.8 Å². The molecular formula is C21H29FN2O3S. The number of amides is 1. The lowest BCUT2D eigenvalue weighted by Crippen LogP contribution is -2.48. The topological polar surface area (TPSA) is 66.5 Å². The van der Waals surface area contributed by atoms with Crippen molar-refractivity contribution < 1.29 is 17.6 Å². The molecule has 7 heteroatoms. The van der Waals surface area contributed by atoms with Crippen LogP contribution in [0.3, 0.4) is 0 Å². The Hall–Kier alpha value is -1.47. The molecule has 2 saturated carbocycles. The fourth-order valence-electron chi connectivity index (χ4n) is 5.49. The van der Waals surface area contributed by atoms with E-state index >= 15 is 0 Å². The molecule has 5 unspecified atom stereocenters. The Labute approximate surface area is 166 Å². The molecule has 1 aromatic carbocycles. The van der Waals surface area contributed by atoms with Crippen LogP contribution in [0.15, 0.2) is 29.2 Å². The second-order valence-corrected chi connectivity index (χ2v) is 10.7. The van der Waals surface area contributed by atoms with Crippen molar-refractivity contribution >= 4 is 15.9 Å². The summed E-state index contributed by atoms with van der Waals surface area (Å²) in [6, 6.07) is 5.01. The molecule has 1 amide bonds. The van der Waals surface area contributed by atoms with Gasteiger partial charge in [-0.25, -0.2) is 12.8 Å². The average Bonchev–Trinajstić information content (AvgIpc) is 3.32. The molecule has 2 bridgehead atoms. The van der Waals surface area contributed by atoms with E-state index in [0.29, 0.717) is 25.3 Å². The van der Waals surface area contributed by atoms with E-state index in [1.165, 1.54) is 42.1 Å². The number of piperidine rings is 1. The van der Waals surface area contributed by atoms with Crippen LogP contribution >= 0.6 is 0 Å². The van der Waals surface area contributed by atoms with Gasteiger partial charge in [-0.2, -0.15) is 4.31 Å². The maximum Gasteiger partial charge on any atom is 0.243 e. The van der Waals surface area contributed by atoms with E-state index in [4.69, 9.17) is 0 Å². The van der Waals surface area contributed by atoms with Gasteiger partial charge in [0.25, 0.3) is 0 Å². The van der Waals surface area contributed by atoms with Gasteiger partial charge in [0, 0.05) is 19.1 Å². The molecule has 3 fully saturated rings. The number of carbonyl (C=O) groups excluding carboxylic acids is 1. The van der Waals surface area contributed by atoms with Crippen molar-refractivity contribution in [2.24, 2.45) is 23.7 Å². The maximum absolute atomic E-state index is 13.1. The standard InChI is InChI=1S/C21H29FN2O3S/c1-14(20-12-15-4-5-16(20)11-15)23-21(25)17-3-2-10-24(13-17)28(26,27)19-8-6-18(22)7-9-19/h6-9,14-17,20H,2-5,10-13H2,1H3,(H,23,25). The number of hydrogen-bond acceptors (Lipinski definition) is 3. The fourth-order valence-corrected chi connectivity index (χ4v) is 7.01. The van der Waals surface area contributed by atoms with Crippen LogP contribution in [-0.4, -0.2) is 37.8 Å². The second-order valence-electron chi connectivity index (χ2n) is 8.79. The van der Waals surface area contributed by atoms with Crippen LogP contribution in [0.2, 0.25) is 0 Å². The molecule has 4 rings (SSSR count). The molecule has 5 nitrogen and oxygen atoms in total. The number of nitrogens with zero attached hydrogens (tertiary/aromatic N) is 1. The van der Waals surface area contributed by atoms with Gasteiger partial charge >= 0.3 is 0 Å². The molecule has 0 aromatic heterocycles. The summed E-state index contributed by atoms with van der Waals surface area (Å²) in [4.78, 5) is 12.9. The van der Waals surface area contributed by atoms with Gasteiger partial charge in [0.2, 0.25) is 15.9 Å². The van der Waals surface area contributed by atoms with Crippen LogP contribution in [0.4, 0.5) is 4.39 Å². The molecule has 1 heterocycles. The van der Waals surface area contributed by atoms with Gasteiger partial charge in [-0.05, 0) is 81.0 Å². The third-order valence-electron chi connectivity index (χ3n) is 7.01. The first kappa shape index (κ1) is 19.8. The molecule has 0 spiro atoms. The average molecular weight is 409 g/mol. The van der Waals surface area contributed by atoms with E-state index in [2.05, 4.69) is 12.2 Å². The van der Waals surface area contributed by atoms with Crippen LogP contribution in [0.5, 0.6) is 0 Å². The molecule has 5 atom stereocenters. The molecule has 2 aliphatic carbocycles. The third kappa shape index (κ3) is 3.83. The Balaban J connectivity index is 1.39. The molecular weight excluding hydrogens is 379 g/mol. The maximum atomic E-state index is 13.1. The van der Waals surface area contributed by atoms with E-state index in [-0.39, 0.29) is 29.3 Å². The molecule has 154 valence electrons. The summed E-state index contributed by atoms with van der Waals surface area (Å²) in [5, 5.41) is 3.19. The van der Waals surface area contributed by atoms with Gasteiger partial charge in [-0.3, -0.25) is 4.79 Å². The van der Waals surface area contributed by atoms with Crippen LogP contribution in [0, 0.1) is 29.5 Å². The third-order valence-corrected chi connectivity index (χ3v) is 8.89. The minimum atomic E-state index is -3.71. The summed E-state index contributed by atoms with van der Waals surface area (Å²) in [6.45, 7) is 2.68. The van der Waals surface area contributed by atoms with Gasteiger partial charge in [-0.1, -0.05) is 6.42 Å². The Kier molecular flexibility index (Phi) is 5.49. The van der Waals surface area contributed by atoms with Gasteiger partial charge in [0.05, 0.1) is 10.8 Å². The lowest BCUT2D eigenvalue weighted by atomic mass is 9.83. The van der Waals surface area contributed by atoms with E-state index in [9.17, 15) is 17.6 Å².